The van der Waals surface area contributed by atoms with Gasteiger partial charge in [-0.15, -0.1) is 0 Å². The van der Waals surface area contributed by atoms with Crippen molar-refractivity contribution in [1.29, 1.82) is 0 Å². The van der Waals surface area contributed by atoms with Gasteiger partial charge in [-0.3, -0.25) is 4.52 Å². The first-order valence-corrected chi connectivity index (χ1v) is 15.5. The van der Waals surface area contributed by atoms with Crippen LogP contribution >= 0.6 is 7.82 Å². The minimum atomic E-state index is -4.04. The van der Waals surface area contributed by atoms with Crippen molar-refractivity contribution >= 4 is 13.9 Å². The van der Waals surface area contributed by atoms with Gasteiger partial charge in [-0.05, 0) is 54.7 Å². The number of rotatable bonds is 22. The Labute approximate surface area is 260 Å². The molecular weight excluding hydrogens is 621 g/mol. The summed E-state index contributed by atoms with van der Waals surface area (Å²) in [6.45, 7) is 2.77. The number of hydrogen-bond acceptors (Lipinski definition) is 14. The van der Waals surface area contributed by atoms with Crippen molar-refractivity contribution in [2.75, 3.05) is 66.4 Å². The standard InChI is InChI=1S/C27H42N3O14P/c1-40-45(38,39)44-29-6-3-9-42-11-13-43-12-10-41-8-2-5-28-27(37)30(18-20-16-23(33)26(36)24(34)17-20)7-4-19-14-21(31)25(35)22(32)15-19/h14-17,29,31-36H,2-13,18H2,1H3,(H,28,37)(H,38,39). The molecule has 0 fully saturated rings. The maximum atomic E-state index is 13.0. The van der Waals surface area contributed by atoms with Crippen LogP contribution in [0.1, 0.15) is 24.0 Å². The van der Waals surface area contributed by atoms with E-state index in [9.17, 15) is 40.0 Å². The van der Waals surface area contributed by atoms with E-state index in [1.807, 2.05) is 0 Å². The number of hydrogen-bond donors (Lipinski definition) is 9. The molecule has 0 heterocycles. The van der Waals surface area contributed by atoms with Gasteiger partial charge in [0.25, 0.3) is 0 Å². The summed E-state index contributed by atoms with van der Waals surface area (Å²) in [6.07, 6.45) is 1.23. The molecule has 0 bridgehead atoms. The molecule has 1 unspecified atom stereocenters. The molecule has 0 aliphatic carbocycles. The van der Waals surface area contributed by atoms with Crippen molar-refractivity contribution in [3.05, 3.63) is 35.4 Å². The number of nitrogens with one attached hydrogen (secondary N) is 2. The summed E-state index contributed by atoms with van der Waals surface area (Å²) in [4.78, 5) is 23.4. The number of aromatic hydroxyl groups is 6. The Morgan fingerprint density at radius 1 is 0.756 bits per heavy atom. The number of phenols is 6. The second-order valence-electron chi connectivity index (χ2n) is 9.55. The second-order valence-corrected chi connectivity index (χ2v) is 11.0. The third-order valence-electron chi connectivity index (χ3n) is 6.05. The van der Waals surface area contributed by atoms with Crippen LogP contribution in [0.25, 0.3) is 0 Å². The summed E-state index contributed by atoms with van der Waals surface area (Å²) < 4.78 is 36.1. The highest BCUT2D eigenvalue weighted by Gasteiger charge is 2.19. The second kappa shape index (κ2) is 19.8. The minimum Gasteiger partial charge on any atom is -0.504 e. The summed E-state index contributed by atoms with van der Waals surface area (Å²) in [5.74, 6) is -3.44. The Bertz CT molecular complexity index is 1210. The molecule has 0 aliphatic heterocycles. The van der Waals surface area contributed by atoms with E-state index in [1.54, 1.807) is 0 Å². The Morgan fingerprint density at radius 2 is 1.22 bits per heavy atom. The third-order valence-corrected chi connectivity index (χ3v) is 6.88. The molecule has 0 aromatic heterocycles. The average molecular weight is 664 g/mol. The number of phosphoric acid groups is 1. The number of carbonyl (C=O) groups excluding carboxylic acids is 1. The molecule has 0 spiro atoms. The molecule has 17 nitrogen and oxygen atoms in total. The highest BCUT2D eigenvalue weighted by atomic mass is 31.2. The van der Waals surface area contributed by atoms with E-state index >= 15 is 0 Å². The Balaban J connectivity index is 1.66. The lowest BCUT2D eigenvalue weighted by atomic mass is 10.1. The molecule has 0 aliphatic rings. The molecule has 9 N–H and O–H groups in total. The number of ether oxygens (including phenoxy) is 3. The van der Waals surface area contributed by atoms with Gasteiger partial charge >= 0.3 is 13.9 Å². The van der Waals surface area contributed by atoms with Gasteiger partial charge in [-0.2, -0.15) is 10.1 Å². The Hall–Kier alpha value is -3.54. The van der Waals surface area contributed by atoms with Crippen molar-refractivity contribution in [2.45, 2.75) is 25.8 Å². The van der Waals surface area contributed by atoms with Crippen LogP contribution < -0.4 is 10.8 Å². The molecule has 18 heteroatoms. The molecule has 0 saturated carbocycles. The van der Waals surface area contributed by atoms with E-state index in [2.05, 4.69) is 19.9 Å². The van der Waals surface area contributed by atoms with Gasteiger partial charge in [0.05, 0.1) is 26.4 Å². The lowest BCUT2D eigenvalue weighted by Gasteiger charge is -2.24. The molecule has 0 saturated heterocycles. The van der Waals surface area contributed by atoms with Gasteiger partial charge < -0.3 is 60.0 Å². The minimum absolute atomic E-state index is 0.0482. The number of nitrogens with zero attached hydrogens (tertiary/aromatic N) is 1. The number of phosphoric ester groups is 1. The SMILES string of the molecule is COP(=O)(O)ONCCCOCCOCCOCCCNC(=O)N(CCc1cc(O)c(O)c(O)c1)Cc1cc(O)c(O)c(O)c1. The van der Waals surface area contributed by atoms with E-state index in [-0.39, 0.29) is 26.1 Å². The highest BCUT2D eigenvalue weighted by molar-refractivity contribution is 7.47. The maximum Gasteiger partial charge on any atom is 0.488 e. The van der Waals surface area contributed by atoms with Gasteiger partial charge in [0, 0.05) is 46.5 Å². The zero-order chi connectivity index (χ0) is 33.2. The molecule has 2 aromatic rings. The van der Waals surface area contributed by atoms with E-state index in [0.717, 1.165) is 7.11 Å². The number of urea groups is 1. The lowest BCUT2D eigenvalue weighted by molar-refractivity contribution is 0.0125. The fraction of sp³-hybridized carbons (Fsp3) is 0.519. The van der Waals surface area contributed by atoms with Gasteiger partial charge in [0.15, 0.2) is 34.5 Å². The molecule has 2 aromatic carbocycles. The van der Waals surface area contributed by atoms with Crippen LogP contribution in [0.3, 0.4) is 0 Å². The number of carbonyl (C=O) groups is 1. The van der Waals surface area contributed by atoms with Gasteiger partial charge in [-0.1, -0.05) is 0 Å². The molecule has 254 valence electrons. The fourth-order valence-corrected chi connectivity index (χ4v) is 4.06. The smallest absolute Gasteiger partial charge is 0.488 e. The first-order chi connectivity index (χ1) is 21.4. The first kappa shape index (κ1) is 37.6. The molecule has 0 radical (unpaired) electrons. The van der Waals surface area contributed by atoms with E-state index in [1.165, 1.54) is 29.2 Å². The number of phenolic OH excluding ortho intramolecular Hbond substituents is 6. The fourth-order valence-electron chi connectivity index (χ4n) is 3.73. The van der Waals surface area contributed by atoms with E-state index < -0.39 is 48.4 Å². The van der Waals surface area contributed by atoms with Gasteiger partial charge in [0.1, 0.15) is 0 Å². The van der Waals surface area contributed by atoms with Crippen LogP contribution in [-0.2, 0) is 40.9 Å². The summed E-state index contributed by atoms with van der Waals surface area (Å²) >= 11 is 0. The molecule has 45 heavy (non-hydrogen) atoms. The normalized spacial score (nSPS) is 12.6. The van der Waals surface area contributed by atoms with Crippen molar-refractivity contribution < 1.29 is 68.3 Å². The van der Waals surface area contributed by atoms with Crippen LogP contribution in [0.15, 0.2) is 24.3 Å². The largest absolute Gasteiger partial charge is 0.504 e. The average Bonchev–Trinajstić information content (AvgIpc) is 3.00. The summed E-state index contributed by atoms with van der Waals surface area (Å²) in [7, 11) is -2.98. The number of hydroxylamine groups is 1. The quantitative estimate of drug-likeness (QED) is 0.0377. The van der Waals surface area contributed by atoms with Crippen molar-refractivity contribution in [1.82, 2.24) is 15.7 Å². The van der Waals surface area contributed by atoms with Crippen molar-refractivity contribution in [2.24, 2.45) is 0 Å². The summed E-state index contributed by atoms with van der Waals surface area (Å²) in [5.41, 5.74) is 3.11. The van der Waals surface area contributed by atoms with Gasteiger partial charge in [-0.25, -0.2) is 9.36 Å². The highest BCUT2D eigenvalue weighted by Crippen LogP contribution is 2.40. The molecule has 2 amide bonds. The van der Waals surface area contributed by atoms with Crippen LogP contribution in [0.2, 0.25) is 0 Å². The van der Waals surface area contributed by atoms with Crippen LogP contribution in [0.5, 0.6) is 34.5 Å². The van der Waals surface area contributed by atoms with E-state index in [4.69, 9.17) is 19.1 Å². The van der Waals surface area contributed by atoms with Crippen LogP contribution in [0, 0.1) is 0 Å². The topological polar surface area (TPSA) is 249 Å². The van der Waals surface area contributed by atoms with Gasteiger partial charge in [0.2, 0.25) is 0 Å². The predicted molar refractivity (Wildman–Crippen MR) is 158 cm³/mol. The molecular formula is C27H42N3O14P. The van der Waals surface area contributed by atoms with Crippen molar-refractivity contribution in [3.63, 3.8) is 0 Å². The van der Waals surface area contributed by atoms with Crippen LogP contribution in [0.4, 0.5) is 4.79 Å². The third kappa shape index (κ3) is 14.4. The predicted octanol–water partition coefficient (Wildman–Crippen LogP) is 1.77. The van der Waals surface area contributed by atoms with Crippen LogP contribution in [-0.4, -0.2) is 113 Å². The monoisotopic (exact) mass is 663 g/mol. The number of amides is 2. The first-order valence-electron chi connectivity index (χ1n) is 14.0. The zero-order valence-corrected chi connectivity index (χ0v) is 25.8. The van der Waals surface area contributed by atoms with E-state index in [0.29, 0.717) is 70.2 Å². The molecule has 1 atom stereocenters. The lowest BCUT2D eigenvalue weighted by Crippen LogP contribution is -2.41. The Kier molecular flexibility index (Phi) is 16.5. The van der Waals surface area contributed by atoms with Crippen molar-refractivity contribution in [3.8, 4) is 34.5 Å². The molecule has 2 rings (SSSR count). The maximum absolute atomic E-state index is 13.0. The summed E-state index contributed by atoms with van der Waals surface area (Å²) in [6, 6.07) is 4.48. The number of benzene rings is 2. The zero-order valence-electron chi connectivity index (χ0n) is 24.9. The summed E-state index contributed by atoms with van der Waals surface area (Å²) in [5, 5.41) is 61.2. The Morgan fingerprint density at radius 3 is 1.73 bits per heavy atom.